The van der Waals surface area contributed by atoms with Gasteiger partial charge in [-0.2, -0.15) is 0 Å². The van der Waals surface area contributed by atoms with Crippen LogP contribution in [-0.2, 0) is 22.5 Å². The molecule has 1 fully saturated rings. The van der Waals surface area contributed by atoms with Crippen LogP contribution >= 0.6 is 23.2 Å². The van der Waals surface area contributed by atoms with Gasteiger partial charge in [0.15, 0.2) is 5.78 Å². The number of carbonyl (C=O) groups excluding carboxylic acids is 2. The maximum Gasteiger partial charge on any atom is 0.224 e. The molecule has 1 unspecified atom stereocenters. The Balaban J connectivity index is 1.45. The van der Waals surface area contributed by atoms with Crippen molar-refractivity contribution in [2.24, 2.45) is 0 Å². The molecule has 154 valence electrons. The van der Waals surface area contributed by atoms with Crippen molar-refractivity contribution < 1.29 is 14.3 Å². The Bertz CT molecular complexity index is 871. The van der Waals surface area contributed by atoms with E-state index in [1.54, 1.807) is 18.2 Å². The highest BCUT2D eigenvalue weighted by Crippen LogP contribution is 2.23. The van der Waals surface area contributed by atoms with Crippen LogP contribution in [0.2, 0.25) is 10.0 Å². The molecule has 5 nitrogen and oxygen atoms in total. The first-order chi connectivity index (χ1) is 13.9. The molecule has 2 aromatic rings. The SMILES string of the molecule is CC(=O)c1ccc(CC(=O)NCC2CN(Cc3ccc(Cl)c(Cl)c3)CCO2)cc1. The van der Waals surface area contributed by atoms with Gasteiger partial charge in [0.25, 0.3) is 0 Å². The number of hydrogen-bond donors (Lipinski definition) is 1. The van der Waals surface area contributed by atoms with Gasteiger partial charge in [-0.05, 0) is 30.2 Å². The number of ether oxygens (including phenoxy) is 1. The van der Waals surface area contributed by atoms with E-state index in [0.29, 0.717) is 28.8 Å². The van der Waals surface area contributed by atoms with E-state index in [-0.39, 0.29) is 24.2 Å². The molecule has 1 aliphatic rings. The predicted octanol–water partition coefficient (Wildman–Crippen LogP) is 3.76. The van der Waals surface area contributed by atoms with Crippen molar-refractivity contribution in [2.75, 3.05) is 26.2 Å². The number of rotatable bonds is 7. The minimum atomic E-state index is -0.0641. The molecule has 7 heteroatoms. The van der Waals surface area contributed by atoms with Crippen LogP contribution in [0.3, 0.4) is 0 Å². The van der Waals surface area contributed by atoms with E-state index in [1.165, 1.54) is 6.92 Å². The average Bonchev–Trinajstić information content (AvgIpc) is 2.70. The number of benzene rings is 2. The third kappa shape index (κ3) is 6.54. The van der Waals surface area contributed by atoms with E-state index in [9.17, 15) is 9.59 Å². The largest absolute Gasteiger partial charge is 0.374 e. The number of nitrogens with zero attached hydrogens (tertiary/aromatic N) is 1. The van der Waals surface area contributed by atoms with Crippen LogP contribution in [0.1, 0.15) is 28.4 Å². The van der Waals surface area contributed by atoms with Crippen molar-refractivity contribution >= 4 is 34.9 Å². The molecule has 1 atom stereocenters. The third-order valence-corrected chi connectivity index (χ3v) is 5.60. The number of ketones is 1. The molecule has 1 heterocycles. The first-order valence-corrected chi connectivity index (χ1v) is 10.3. The molecule has 1 saturated heterocycles. The summed E-state index contributed by atoms with van der Waals surface area (Å²) in [6.07, 6.45) is 0.216. The van der Waals surface area contributed by atoms with Gasteiger partial charge in [0, 0.05) is 31.7 Å². The van der Waals surface area contributed by atoms with E-state index in [1.807, 2.05) is 24.3 Å². The van der Waals surface area contributed by atoms with Crippen LogP contribution < -0.4 is 5.32 Å². The fourth-order valence-corrected chi connectivity index (χ4v) is 3.60. The van der Waals surface area contributed by atoms with E-state index >= 15 is 0 Å². The van der Waals surface area contributed by atoms with E-state index in [4.69, 9.17) is 27.9 Å². The van der Waals surface area contributed by atoms with Crippen molar-refractivity contribution in [1.29, 1.82) is 0 Å². The Morgan fingerprint density at radius 3 is 2.52 bits per heavy atom. The van der Waals surface area contributed by atoms with Crippen molar-refractivity contribution in [3.63, 3.8) is 0 Å². The summed E-state index contributed by atoms with van der Waals surface area (Å²) in [5.74, 6) is -0.0494. The molecule has 0 aromatic heterocycles. The van der Waals surface area contributed by atoms with Crippen molar-refractivity contribution in [3.8, 4) is 0 Å². The lowest BCUT2D eigenvalue weighted by molar-refractivity contribution is -0.121. The lowest BCUT2D eigenvalue weighted by Gasteiger charge is -2.33. The smallest absolute Gasteiger partial charge is 0.224 e. The first kappa shape index (κ1) is 21.8. The number of halogens is 2. The Morgan fingerprint density at radius 1 is 1.10 bits per heavy atom. The maximum absolute atomic E-state index is 12.2. The molecule has 0 spiro atoms. The zero-order valence-corrected chi connectivity index (χ0v) is 17.8. The van der Waals surface area contributed by atoms with Gasteiger partial charge >= 0.3 is 0 Å². The highest BCUT2D eigenvalue weighted by atomic mass is 35.5. The van der Waals surface area contributed by atoms with Crippen LogP contribution in [0, 0.1) is 0 Å². The predicted molar refractivity (Wildman–Crippen MR) is 115 cm³/mol. The summed E-state index contributed by atoms with van der Waals surface area (Å²) >= 11 is 12.1. The molecule has 1 aliphatic heterocycles. The standard InChI is InChI=1S/C22H24Cl2N2O3/c1-15(27)18-5-2-16(3-6-18)11-22(28)25-12-19-14-26(8-9-29-19)13-17-4-7-20(23)21(24)10-17/h2-7,10,19H,8-9,11-14H2,1H3,(H,25,28). The summed E-state index contributed by atoms with van der Waals surface area (Å²) in [6.45, 7) is 4.92. The molecule has 0 saturated carbocycles. The lowest BCUT2D eigenvalue weighted by Crippen LogP contribution is -2.47. The van der Waals surface area contributed by atoms with Crippen LogP contribution in [-0.4, -0.2) is 48.9 Å². The maximum atomic E-state index is 12.2. The Morgan fingerprint density at radius 2 is 1.83 bits per heavy atom. The minimum absolute atomic E-state index is 0.0147. The summed E-state index contributed by atoms with van der Waals surface area (Å²) in [4.78, 5) is 25.8. The van der Waals surface area contributed by atoms with Gasteiger partial charge in [0.1, 0.15) is 0 Å². The minimum Gasteiger partial charge on any atom is -0.374 e. The number of Topliss-reactive ketones (excluding diaryl/α,β-unsaturated/α-hetero) is 1. The molecule has 1 amide bonds. The van der Waals surface area contributed by atoms with Gasteiger partial charge in [-0.15, -0.1) is 0 Å². The fourth-order valence-electron chi connectivity index (χ4n) is 3.28. The zero-order valence-electron chi connectivity index (χ0n) is 16.3. The summed E-state index contributed by atoms with van der Waals surface area (Å²) < 4.78 is 5.79. The molecular weight excluding hydrogens is 411 g/mol. The lowest BCUT2D eigenvalue weighted by atomic mass is 10.1. The number of amides is 1. The molecule has 3 rings (SSSR count). The van der Waals surface area contributed by atoms with Gasteiger partial charge in [0.2, 0.25) is 5.91 Å². The second-order valence-electron chi connectivity index (χ2n) is 7.21. The van der Waals surface area contributed by atoms with Crippen LogP contribution in [0.25, 0.3) is 0 Å². The third-order valence-electron chi connectivity index (χ3n) is 4.87. The summed E-state index contributed by atoms with van der Waals surface area (Å²) in [7, 11) is 0. The number of hydrogen-bond acceptors (Lipinski definition) is 4. The first-order valence-electron chi connectivity index (χ1n) is 9.55. The topological polar surface area (TPSA) is 58.6 Å². The number of carbonyl (C=O) groups is 2. The molecule has 0 bridgehead atoms. The second kappa shape index (κ2) is 10.2. The summed E-state index contributed by atoms with van der Waals surface area (Å²) in [5, 5.41) is 4.05. The van der Waals surface area contributed by atoms with Crippen molar-refractivity contribution in [2.45, 2.75) is 26.0 Å². The highest BCUT2D eigenvalue weighted by molar-refractivity contribution is 6.42. The van der Waals surface area contributed by atoms with Crippen LogP contribution in [0.5, 0.6) is 0 Å². The molecule has 0 radical (unpaired) electrons. The second-order valence-corrected chi connectivity index (χ2v) is 8.02. The monoisotopic (exact) mass is 434 g/mol. The quantitative estimate of drug-likeness (QED) is 0.673. The Kier molecular flexibility index (Phi) is 7.67. The molecular formula is C22H24Cl2N2O3. The van der Waals surface area contributed by atoms with Crippen molar-refractivity contribution in [3.05, 3.63) is 69.2 Å². The Labute approximate surface area is 180 Å². The van der Waals surface area contributed by atoms with E-state index in [0.717, 1.165) is 30.8 Å². The number of nitrogens with one attached hydrogen (secondary N) is 1. The van der Waals surface area contributed by atoms with Crippen molar-refractivity contribution in [1.82, 2.24) is 10.2 Å². The van der Waals surface area contributed by atoms with Gasteiger partial charge in [0.05, 0.1) is 29.2 Å². The zero-order chi connectivity index (χ0) is 20.8. The van der Waals surface area contributed by atoms with Crippen LogP contribution in [0.15, 0.2) is 42.5 Å². The average molecular weight is 435 g/mol. The molecule has 1 N–H and O–H groups in total. The molecule has 2 aromatic carbocycles. The fraction of sp³-hybridized carbons (Fsp3) is 0.364. The van der Waals surface area contributed by atoms with Crippen LogP contribution in [0.4, 0.5) is 0 Å². The molecule has 0 aliphatic carbocycles. The van der Waals surface area contributed by atoms with E-state index in [2.05, 4.69) is 10.2 Å². The summed E-state index contributed by atoms with van der Waals surface area (Å²) in [5.41, 5.74) is 2.61. The van der Waals surface area contributed by atoms with Gasteiger partial charge in [-0.25, -0.2) is 0 Å². The highest BCUT2D eigenvalue weighted by Gasteiger charge is 2.21. The normalized spacial score (nSPS) is 17.1. The van der Waals surface area contributed by atoms with Gasteiger partial charge in [-0.1, -0.05) is 53.5 Å². The molecule has 29 heavy (non-hydrogen) atoms. The summed E-state index contributed by atoms with van der Waals surface area (Å²) in [6, 6.07) is 12.8. The Hall–Kier alpha value is -1.92. The van der Waals surface area contributed by atoms with E-state index < -0.39 is 0 Å². The number of morpholine rings is 1. The van der Waals surface area contributed by atoms with Gasteiger partial charge in [-0.3, -0.25) is 14.5 Å². The van der Waals surface area contributed by atoms with Gasteiger partial charge < -0.3 is 10.1 Å².